The van der Waals surface area contributed by atoms with E-state index in [4.69, 9.17) is 0 Å². The second kappa shape index (κ2) is 11.0. The number of benzene rings is 1. The molecule has 4 bridgehead atoms. The number of Topliss-reactive ketones (excluding diaryl/α,β-unsaturated/α-hetero) is 1. The molecule has 9 aliphatic rings. The van der Waals surface area contributed by atoms with Gasteiger partial charge in [0.25, 0.3) is 0 Å². The Balaban J connectivity index is 1.17. The molecular weight excluding hydrogens is 608 g/mol. The standard InChI is InChI=1S/C43H60N2O4/c1-27(2)44-37(48)45(25-29-12-13-30-22-32(29)38(30,3)4)26-42(49)19-16-35-40(42,6)18-15-34-39(5)17-14-31(46)23-41(39)20-21-43(34,35)33(24-41)36(47)28-10-8-7-9-11-28/h7-11,20-21,24,27,29-32,34-35,46,49H,12-19,22-23,25-26H2,1-6H3,(H,44,48). The molecule has 6 nitrogen and oxygen atoms in total. The van der Waals surface area contributed by atoms with Crippen LogP contribution in [-0.2, 0) is 0 Å². The molecule has 0 heterocycles. The summed E-state index contributed by atoms with van der Waals surface area (Å²) >= 11 is 0. The molecular formula is C43H60N2O4. The molecule has 1 aromatic rings. The number of nitrogens with one attached hydrogen (secondary N) is 1. The lowest BCUT2D eigenvalue weighted by Crippen LogP contribution is -2.67. The van der Waals surface area contributed by atoms with Crippen LogP contribution in [0.2, 0.25) is 0 Å². The largest absolute Gasteiger partial charge is 0.393 e. The van der Waals surface area contributed by atoms with E-state index in [1.807, 2.05) is 49.1 Å². The van der Waals surface area contributed by atoms with Gasteiger partial charge in [0.05, 0.1) is 18.2 Å². The van der Waals surface area contributed by atoms with Crippen molar-refractivity contribution >= 4 is 11.8 Å². The van der Waals surface area contributed by atoms with Crippen LogP contribution in [0.25, 0.3) is 0 Å². The number of fused-ring (bicyclic) bond motifs is 3. The van der Waals surface area contributed by atoms with Crippen LogP contribution >= 0.6 is 0 Å². The summed E-state index contributed by atoms with van der Waals surface area (Å²) in [4.78, 5) is 30.7. The maximum Gasteiger partial charge on any atom is 0.317 e. The Labute approximate surface area is 294 Å². The highest BCUT2D eigenvalue weighted by molar-refractivity contribution is 6.10. The van der Waals surface area contributed by atoms with Gasteiger partial charge in [0.2, 0.25) is 0 Å². The van der Waals surface area contributed by atoms with E-state index in [-0.39, 0.29) is 46.6 Å². The molecule has 6 fully saturated rings. The lowest BCUT2D eigenvalue weighted by molar-refractivity contribution is -0.176. The Morgan fingerprint density at radius 2 is 1.61 bits per heavy atom. The summed E-state index contributed by atoms with van der Waals surface area (Å²) < 4.78 is 0. The van der Waals surface area contributed by atoms with Gasteiger partial charge in [-0.1, -0.05) is 76.3 Å². The summed E-state index contributed by atoms with van der Waals surface area (Å²) in [7, 11) is 0. The van der Waals surface area contributed by atoms with Gasteiger partial charge in [-0.2, -0.15) is 0 Å². The fourth-order valence-electron chi connectivity index (χ4n) is 13.7. The molecule has 2 amide bonds. The van der Waals surface area contributed by atoms with Gasteiger partial charge in [-0.05, 0) is 118 Å². The molecule has 11 unspecified atom stereocenters. The average Bonchev–Trinajstić information content (AvgIpc) is 3.34. The molecule has 11 atom stereocenters. The lowest BCUT2D eigenvalue weighted by Gasteiger charge is -2.71. The highest BCUT2D eigenvalue weighted by Crippen LogP contribution is 2.78. The van der Waals surface area contributed by atoms with Crippen LogP contribution in [-0.4, -0.2) is 57.8 Å². The number of carbonyl (C=O) groups excluding carboxylic acids is 2. The van der Waals surface area contributed by atoms with Crippen LogP contribution in [0.15, 0.2) is 54.1 Å². The lowest BCUT2D eigenvalue weighted by atomic mass is 9.32. The van der Waals surface area contributed by atoms with Gasteiger partial charge < -0.3 is 20.4 Å². The zero-order valence-electron chi connectivity index (χ0n) is 30.8. The number of amides is 2. The molecule has 49 heavy (non-hydrogen) atoms. The smallest absolute Gasteiger partial charge is 0.317 e. The van der Waals surface area contributed by atoms with Gasteiger partial charge in [0.1, 0.15) is 0 Å². The topological polar surface area (TPSA) is 89.9 Å². The van der Waals surface area contributed by atoms with Gasteiger partial charge in [-0.15, -0.1) is 0 Å². The molecule has 10 rings (SSSR count). The maximum absolute atomic E-state index is 14.7. The molecule has 0 saturated heterocycles. The van der Waals surface area contributed by atoms with Gasteiger partial charge in [-0.25, -0.2) is 4.79 Å². The summed E-state index contributed by atoms with van der Waals surface area (Å²) in [5.41, 5.74) is -0.536. The number of aliphatic hydroxyl groups is 2. The van der Waals surface area contributed by atoms with Crippen molar-refractivity contribution in [3.63, 3.8) is 0 Å². The van der Waals surface area contributed by atoms with Crippen molar-refractivity contribution < 1.29 is 19.8 Å². The van der Waals surface area contributed by atoms with Crippen molar-refractivity contribution in [2.75, 3.05) is 13.1 Å². The fourth-order valence-corrected chi connectivity index (χ4v) is 13.7. The molecule has 3 N–H and O–H groups in total. The van der Waals surface area contributed by atoms with Gasteiger partial charge in [0, 0.05) is 40.0 Å². The first-order valence-corrected chi connectivity index (χ1v) is 19.6. The first-order valence-electron chi connectivity index (χ1n) is 19.6. The molecule has 9 aliphatic carbocycles. The van der Waals surface area contributed by atoms with E-state index in [1.54, 1.807) is 0 Å². The monoisotopic (exact) mass is 668 g/mol. The number of ketones is 1. The number of nitrogens with zero attached hydrogens (tertiary/aromatic N) is 1. The molecule has 266 valence electrons. The predicted octanol–water partition coefficient (Wildman–Crippen LogP) is 7.95. The van der Waals surface area contributed by atoms with Crippen LogP contribution in [0.5, 0.6) is 0 Å². The average molecular weight is 669 g/mol. The summed E-state index contributed by atoms with van der Waals surface area (Å²) in [6.07, 6.45) is 16.0. The molecule has 0 radical (unpaired) electrons. The normalized spacial score (nSPS) is 45.4. The van der Waals surface area contributed by atoms with Gasteiger partial charge in [0.15, 0.2) is 5.78 Å². The van der Waals surface area contributed by atoms with E-state index in [0.717, 1.165) is 50.0 Å². The summed E-state index contributed by atoms with van der Waals surface area (Å²) in [5.74, 6) is 2.28. The Hall–Kier alpha value is -2.44. The maximum atomic E-state index is 14.7. The van der Waals surface area contributed by atoms with Crippen LogP contribution < -0.4 is 5.32 Å². The second-order valence-electron chi connectivity index (χ2n) is 19.2. The highest BCUT2D eigenvalue weighted by atomic mass is 16.3. The third-order valence-corrected chi connectivity index (χ3v) is 16.6. The minimum Gasteiger partial charge on any atom is -0.393 e. The van der Waals surface area contributed by atoms with Crippen LogP contribution in [0.1, 0.15) is 116 Å². The van der Waals surface area contributed by atoms with Crippen molar-refractivity contribution in [2.45, 2.75) is 123 Å². The zero-order chi connectivity index (χ0) is 34.8. The molecule has 0 aromatic heterocycles. The Morgan fingerprint density at radius 1 is 0.918 bits per heavy atom. The number of rotatable bonds is 7. The summed E-state index contributed by atoms with van der Waals surface area (Å²) in [6.45, 7) is 14.6. The Kier molecular flexibility index (Phi) is 7.58. The highest BCUT2D eigenvalue weighted by Gasteiger charge is 2.74. The number of allylic oxidation sites excluding steroid dienone is 4. The third-order valence-electron chi connectivity index (χ3n) is 16.6. The van der Waals surface area contributed by atoms with Crippen LogP contribution in [0.3, 0.4) is 0 Å². The van der Waals surface area contributed by atoms with E-state index in [2.05, 4.69) is 51.2 Å². The van der Waals surface area contributed by atoms with Crippen molar-refractivity contribution in [1.82, 2.24) is 10.2 Å². The van der Waals surface area contributed by atoms with Gasteiger partial charge >= 0.3 is 6.03 Å². The quantitative estimate of drug-likeness (QED) is 0.203. The number of hydrogen-bond donors (Lipinski definition) is 3. The Morgan fingerprint density at radius 3 is 2.31 bits per heavy atom. The number of aliphatic hydroxyl groups excluding tert-OH is 1. The van der Waals surface area contributed by atoms with Crippen LogP contribution in [0.4, 0.5) is 4.79 Å². The van der Waals surface area contributed by atoms with Crippen molar-refractivity contribution in [1.29, 1.82) is 0 Å². The van der Waals surface area contributed by atoms with E-state index < -0.39 is 16.4 Å². The van der Waals surface area contributed by atoms with E-state index in [0.29, 0.717) is 48.7 Å². The molecule has 6 heteroatoms. The minimum atomic E-state index is -1.07. The van der Waals surface area contributed by atoms with Crippen molar-refractivity contribution in [2.24, 2.45) is 56.7 Å². The Bertz CT molecular complexity index is 1580. The molecule has 1 aromatic carbocycles. The minimum absolute atomic E-state index is 0.0168. The molecule has 6 saturated carbocycles. The number of urea groups is 1. The van der Waals surface area contributed by atoms with Crippen LogP contribution in [0, 0.1) is 56.7 Å². The van der Waals surface area contributed by atoms with E-state index in [1.165, 1.54) is 12.8 Å². The number of hydrogen-bond acceptors (Lipinski definition) is 4. The molecule has 0 aliphatic heterocycles. The number of carbonyl (C=O) groups is 2. The first-order chi connectivity index (χ1) is 23.1. The van der Waals surface area contributed by atoms with E-state index >= 15 is 0 Å². The van der Waals surface area contributed by atoms with E-state index in [9.17, 15) is 19.8 Å². The predicted molar refractivity (Wildman–Crippen MR) is 193 cm³/mol. The fraction of sp³-hybridized carbons (Fsp3) is 0.721. The summed E-state index contributed by atoms with van der Waals surface area (Å²) in [5, 5.41) is 27.3. The third kappa shape index (κ3) is 4.50. The zero-order valence-corrected chi connectivity index (χ0v) is 30.8. The second-order valence-corrected chi connectivity index (χ2v) is 19.2. The first kappa shape index (κ1) is 33.7. The van der Waals surface area contributed by atoms with Crippen molar-refractivity contribution in [3.8, 4) is 0 Å². The SMILES string of the molecule is CC(C)NC(=O)N(CC1CCC2CC1C2(C)C)CC1(O)CCC2C34C=CC5(C=C3C(=O)c3ccccc3)CC(O)CCC5(C)C4CCC21C. The van der Waals surface area contributed by atoms with Gasteiger partial charge in [-0.3, -0.25) is 4.79 Å². The molecule has 2 spiro atoms. The summed E-state index contributed by atoms with van der Waals surface area (Å²) in [6, 6.07) is 9.67. The van der Waals surface area contributed by atoms with Crippen molar-refractivity contribution in [3.05, 3.63) is 59.7 Å².